The predicted molar refractivity (Wildman–Crippen MR) is 216 cm³/mol. The van der Waals surface area contributed by atoms with Crippen LogP contribution in [0, 0.1) is 0 Å². The molecule has 7 rings (SSSR count). The summed E-state index contributed by atoms with van der Waals surface area (Å²) in [6.45, 7) is 4.54. The quantitative estimate of drug-likeness (QED) is 0.123. The highest BCUT2D eigenvalue weighted by Crippen LogP contribution is 2.36. The summed E-state index contributed by atoms with van der Waals surface area (Å²) in [7, 11) is 5.51. The highest BCUT2D eigenvalue weighted by atomic mass is 16.5. The Balaban J connectivity index is 1.06. The number of carbonyl (C=O) groups is 4. The van der Waals surface area contributed by atoms with Crippen molar-refractivity contribution in [3.8, 4) is 22.3 Å². The number of hydrogen-bond donors (Lipinski definition) is 4. The molecule has 0 radical (unpaired) electrons. The van der Waals surface area contributed by atoms with Gasteiger partial charge in [0.05, 0.1) is 60.6 Å². The van der Waals surface area contributed by atoms with Crippen molar-refractivity contribution in [2.75, 3.05) is 41.5 Å². The monoisotopic (exact) mass is 794 g/mol. The number of imidazole rings is 2. The minimum absolute atomic E-state index is 0.250. The molecule has 306 valence electrons. The third kappa shape index (κ3) is 8.07. The molecule has 0 aliphatic carbocycles. The average Bonchev–Trinajstić information content (AvgIpc) is 4.08. The van der Waals surface area contributed by atoms with Crippen molar-refractivity contribution in [3.63, 3.8) is 0 Å². The van der Waals surface area contributed by atoms with Crippen LogP contribution >= 0.6 is 0 Å². The second kappa shape index (κ2) is 17.2. The predicted octanol–water partition coefficient (Wildman–Crippen LogP) is 5.62. The highest BCUT2D eigenvalue weighted by Gasteiger charge is 2.40. The van der Waals surface area contributed by atoms with Crippen LogP contribution < -0.4 is 10.6 Å². The van der Waals surface area contributed by atoms with Gasteiger partial charge >= 0.3 is 12.2 Å². The van der Waals surface area contributed by atoms with Crippen LogP contribution in [0.15, 0.2) is 60.7 Å². The Bertz CT molecular complexity index is 2130. The minimum atomic E-state index is -0.904. The number of likely N-dealkylation sites (tertiary alicyclic amines) is 2. The molecule has 2 aromatic heterocycles. The lowest BCUT2D eigenvalue weighted by molar-refractivity contribution is -0.138. The Morgan fingerprint density at radius 3 is 1.36 bits per heavy atom. The van der Waals surface area contributed by atoms with E-state index in [9.17, 15) is 19.2 Å². The molecule has 2 fully saturated rings. The zero-order valence-electron chi connectivity index (χ0n) is 33.5. The Kier molecular flexibility index (Phi) is 12.0. The van der Waals surface area contributed by atoms with Gasteiger partial charge in [-0.15, -0.1) is 0 Å². The number of aromatic nitrogens is 4. The molecular formula is C42H50N8O8. The molecular weight excluding hydrogens is 745 g/mol. The van der Waals surface area contributed by atoms with Crippen LogP contribution in [0.4, 0.5) is 9.59 Å². The number of nitrogens with zero attached hydrogens (tertiary/aromatic N) is 4. The average molecular weight is 795 g/mol. The first kappa shape index (κ1) is 40.2. The van der Waals surface area contributed by atoms with Crippen molar-refractivity contribution in [1.82, 2.24) is 40.4 Å². The van der Waals surface area contributed by atoms with Crippen LogP contribution in [-0.2, 0) is 28.5 Å². The van der Waals surface area contributed by atoms with Crippen molar-refractivity contribution in [1.29, 1.82) is 0 Å². The summed E-state index contributed by atoms with van der Waals surface area (Å²) in [6.07, 6.45) is 0.570. The molecule has 2 aliphatic heterocycles. The van der Waals surface area contributed by atoms with E-state index in [2.05, 4.69) is 57.0 Å². The summed E-state index contributed by atoms with van der Waals surface area (Å²) in [5.74, 6) is 0.890. The first-order valence-corrected chi connectivity index (χ1v) is 19.5. The van der Waals surface area contributed by atoms with Crippen molar-refractivity contribution in [3.05, 3.63) is 72.3 Å². The lowest BCUT2D eigenvalue weighted by Gasteiger charge is -2.30. The van der Waals surface area contributed by atoms with Gasteiger partial charge in [0.2, 0.25) is 11.8 Å². The molecule has 2 saturated heterocycles. The Morgan fingerprint density at radius 1 is 0.621 bits per heavy atom. The van der Waals surface area contributed by atoms with E-state index < -0.39 is 36.5 Å². The number of H-pyrrole nitrogens is 2. The molecule has 2 aliphatic rings. The fourth-order valence-electron chi connectivity index (χ4n) is 7.98. The maximum Gasteiger partial charge on any atom is 0.407 e. The van der Waals surface area contributed by atoms with Gasteiger partial charge in [-0.2, -0.15) is 0 Å². The second-order valence-electron chi connectivity index (χ2n) is 14.8. The van der Waals surface area contributed by atoms with Crippen LogP contribution in [0.1, 0.15) is 63.3 Å². The van der Waals surface area contributed by atoms with Crippen LogP contribution in [0.3, 0.4) is 0 Å². The van der Waals surface area contributed by atoms with Crippen LogP contribution in [-0.4, -0.2) is 120 Å². The van der Waals surface area contributed by atoms with E-state index in [1.54, 1.807) is 23.6 Å². The standard InChI is InChI=1S/C42H50N8O8/c1-23(55-3)35(47-41(53)57-5)39(51)49-19-7-9-33(49)37-43-29-17-15-27(21-31(29)45-37)25-11-13-26(14-12-25)28-16-18-30-32(22-28)46-38(44-30)34-10-8-20-50(34)40(52)36(24(2)56-4)48-42(54)58-6/h11-18,21-24,33-36H,7-10,19-20H2,1-6H3,(H,43,45)(H,44,46)(H,47,53)(H,48,54)/t23-,24?,33?,34?,35+,36?/m1/s1. The number of ether oxygens (including phenoxy) is 4. The number of methoxy groups -OCH3 is 4. The van der Waals surface area contributed by atoms with Crippen molar-refractivity contribution < 1.29 is 38.1 Å². The maximum absolute atomic E-state index is 13.7. The first-order chi connectivity index (χ1) is 28.0. The van der Waals surface area contributed by atoms with E-state index in [4.69, 9.17) is 28.9 Å². The zero-order valence-corrected chi connectivity index (χ0v) is 33.5. The largest absolute Gasteiger partial charge is 0.453 e. The Hall–Kier alpha value is -6.00. The number of rotatable bonds is 12. The SMILES string of the molecule is COC(=O)NC(C(=O)N1CCCC1c1nc2ccc(-c3ccc(-c4ccc5nc(C6CCCN6C(=O)[C@@H](NC(=O)OC)[C@@H](C)OC)[nH]c5c4)cc3)cc2[nH]1)C(C)OC. The summed E-state index contributed by atoms with van der Waals surface area (Å²) in [5, 5.41) is 5.26. The lowest BCUT2D eigenvalue weighted by Crippen LogP contribution is -2.54. The lowest BCUT2D eigenvalue weighted by atomic mass is 10.00. The van der Waals surface area contributed by atoms with Gasteiger partial charge in [-0.1, -0.05) is 36.4 Å². The van der Waals surface area contributed by atoms with Gasteiger partial charge in [0, 0.05) is 27.3 Å². The molecule has 0 bridgehead atoms. The Labute approximate surface area is 336 Å². The number of fused-ring (bicyclic) bond motifs is 2. The molecule has 16 heteroatoms. The van der Waals surface area contributed by atoms with E-state index in [0.29, 0.717) is 24.7 Å². The molecule has 0 saturated carbocycles. The van der Waals surface area contributed by atoms with Crippen LogP contribution in [0.5, 0.6) is 0 Å². The molecule has 4 unspecified atom stereocenters. The molecule has 4 amide bonds. The third-order valence-corrected chi connectivity index (χ3v) is 11.4. The summed E-state index contributed by atoms with van der Waals surface area (Å²) in [5.41, 5.74) is 7.39. The van der Waals surface area contributed by atoms with Gasteiger partial charge < -0.3 is 49.3 Å². The summed E-state index contributed by atoms with van der Waals surface area (Å²) >= 11 is 0. The maximum atomic E-state index is 13.7. The number of aromatic amines is 2. The van der Waals surface area contributed by atoms with E-state index in [1.165, 1.54) is 28.4 Å². The van der Waals surface area contributed by atoms with Gasteiger partial charge in [0.1, 0.15) is 23.7 Å². The van der Waals surface area contributed by atoms with E-state index in [0.717, 1.165) is 70.0 Å². The molecule has 16 nitrogen and oxygen atoms in total. The molecule has 4 heterocycles. The molecule has 0 spiro atoms. The van der Waals surface area contributed by atoms with E-state index >= 15 is 0 Å². The van der Waals surface area contributed by atoms with Gasteiger partial charge in [-0.05, 0) is 86.1 Å². The fourth-order valence-corrected chi connectivity index (χ4v) is 7.98. The zero-order chi connectivity index (χ0) is 41.1. The fraction of sp³-hybridized carbons (Fsp3) is 0.429. The minimum Gasteiger partial charge on any atom is -0.453 e. The van der Waals surface area contributed by atoms with E-state index in [1.807, 2.05) is 24.3 Å². The number of amides is 4. The number of carbonyl (C=O) groups excluding carboxylic acids is 4. The van der Waals surface area contributed by atoms with Crippen LogP contribution in [0.2, 0.25) is 0 Å². The van der Waals surface area contributed by atoms with Crippen molar-refractivity contribution in [2.45, 2.75) is 75.9 Å². The van der Waals surface area contributed by atoms with Crippen molar-refractivity contribution >= 4 is 46.1 Å². The first-order valence-electron chi connectivity index (χ1n) is 19.5. The van der Waals surface area contributed by atoms with Gasteiger partial charge in [0.15, 0.2) is 0 Å². The highest BCUT2D eigenvalue weighted by molar-refractivity contribution is 5.89. The summed E-state index contributed by atoms with van der Waals surface area (Å²) in [4.78, 5) is 71.7. The van der Waals surface area contributed by atoms with Gasteiger partial charge in [-0.25, -0.2) is 19.6 Å². The molecule has 5 aromatic rings. The number of benzene rings is 3. The summed E-state index contributed by atoms with van der Waals surface area (Å²) < 4.78 is 20.3. The van der Waals surface area contributed by atoms with Gasteiger partial charge in [0.25, 0.3) is 0 Å². The van der Waals surface area contributed by atoms with Crippen molar-refractivity contribution in [2.24, 2.45) is 0 Å². The molecule has 58 heavy (non-hydrogen) atoms. The number of hydrogen-bond acceptors (Lipinski definition) is 10. The topological polar surface area (TPSA) is 193 Å². The van der Waals surface area contributed by atoms with Crippen LogP contribution in [0.25, 0.3) is 44.3 Å². The molecule has 4 N–H and O–H groups in total. The third-order valence-electron chi connectivity index (χ3n) is 11.4. The number of nitrogens with one attached hydrogen (secondary N) is 4. The number of alkyl carbamates (subject to hydrolysis) is 2. The smallest absolute Gasteiger partial charge is 0.407 e. The van der Waals surface area contributed by atoms with E-state index in [-0.39, 0.29) is 23.9 Å². The molecule has 3 aromatic carbocycles. The summed E-state index contributed by atoms with van der Waals surface area (Å²) in [6, 6.07) is 18.1. The second-order valence-corrected chi connectivity index (χ2v) is 14.8. The normalized spacial score (nSPS) is 18.9. The van der Waals surface area contributed by atoms with Gasteiger partial charge in [-0.3, -0.25) is 9.59 Å². The molecule has 6 atom stereocenters. The Morgan fingerprint density at radius 2 is 1.00 bits per heavy atom.